The van der Waals surface area contributed by atoms with Crippen molar-refractivity contribution in [2.75, 3.05) is 86.4 Å². The van der Waals surface area contributed by atoms with Gasteiger partial charge >= 0.3 is 0 Å². The Labute approximate surface area is 339 Å². The van der Waals surface area contributed by atoms with E-state index in [1.165, 1.54) is 0 Å². The fraction of sp³-hybridized carbons (Fsp3) is 0.381. The van der Waals surface area contributed by atoms with Gasteiger partial charge < -0.3 is 34.8 Å². The molecule has 16 heteroatoms. The number of nitrogens with one attached hydrogen (secondary N) is 2. The third-order valence-electron chi connectivity index (χ3n) is 10.2. The van der Waals surface area contributed by atoms with Crippen LogP contribution in [0.1, 0.15) is 31.9 Å². The summed E-state index contributed by atoms with van der Waals surface area (Å²) in [6, 6.07) is 17.1. The molecule has 300 valence electrons. The zero-order valence-corrected chi connectivity index (χ0v) is 33.3. The SMILES string of the molecule is CCc1nc(Nc2ccc(Oc3ccccc3)cn2)nc(N2CCN(CC3C=CC(Oc4cccnc4Nc4nc(CC)nc(N5CCN(C)CC5)n4)=CC3)CC2)n1. The Hall–Kier alpha value is -6.26. The largest absolute Gasteiger partial charge is 0.456 e. The van der Waals surface area contributed by atoms with Gasteiger partial charge in [0.05, 0.1) is 6.20 Å². The molecule has 0 bridgehead atoms. The van der Waals surface area contributed by atoms with E-state index in [1.807, 2.05) is 68.4 Å². The lowest BCUT2D eigenvalue weighted by atomic mass is 9.99. The number of aromatic nitrogens is 8. The molecule has 0 radical (unpaired) electrons. The van der Waals surface area contributed by atoms with Gasteiger partial charge in [-0.05, 0) is 67.9 Å². The van der Waals surface area contributed by atoms with Gasteiger partial charge in [-0.15, -0.1) is 0 Å². The van der Waals surface area contributed by atoms with E-state index in [-0.39, 0.29) is 0 Å². The zero-order valence-electron chi connectivity index (χ0n) is 33.3. The van der Waals surface area contributed by atoms with Crippen molar-refractivity contribution in [1.82, 2.24) is 49.7 Å². The molecule has 0 spiro atoms. The second-order valence-corrected chi connectivity index (χ2v) is 14.5. The van der Waals surface area contributed by atoms with E-state index in [0.29, 0.717) is 65.7 Å². The van der Waals surface area contributed by atoms with Crippen LogP contribution in [0.25, 0.3) is 0 Å². The third kappa shape index (κ3) is 9.99. The summed E-state index contributed by atoms with van der Waals surface area (Å²) in [4.78, 5) is 46.7. The molecule has 8 rings (SSSR count). The van der Waals surface area contributed by atoms with Crippen LogP contribution < -0.4 is 29.9 Å². The molecule has 4 aromatic heterocycles. The van der Waals surface area contributed by atoms with Gasteiger partial charge in [0, 0.05) is 77.9 Å². The number of likely N-dealkylation sites (N-methyl/N-ethyl adjacent to an activating group) is 1. The smallest absolute Gasteiger partial charge is 0.233 e. The molecule has 2 fully saturated rings. The summed E-state index contributed by atoms with van der Waals surface area (Å²) in [7, 11) is 2.14. The van der Waals surface area contributed by atoms with Crippen molar-refractivity contribution in [2.24, 2.45) is 5.92 Å². The minimum Gasteiger partial charge on any atom is -0.456 e. The van der Waals surface area contributed by atoms with Gasteiger partial charge in [0.15, 0.2) is 11.6 Å². The van der Waals surface area contributed by atoms with Gasteiger partial charge in [-0.2, -0.15) is 29.9 Å². The van der Waals surface area contributed by atoms with Crippen LogP contribution in [0.2, 0.25) is 0 Å². The average Bonchev–Trinajstić information content (AvgIpc) is 3.26. The Morgan fingerprint density at radius 2 is 1.36 bits per heavy atom. The summed E-state index contributed by atoms with van der Waals surface area (Å²) in [5, 5.41) is 6.57. The van der Waals surface area contributed by atoms with Gasteiger partial charge in [0.1, 0.15) is 34.7 Å². The van der Waals surface area contributed by atoms with Gasteiger partial charge in [-0.25, -0.2) is 9.97 Å². The lowest BCUT2D eigenvalue weighted by Crippen LogP contribution is -2.48. The van der Waals surface area contributed by atoms with E-state index in [1.54, 1.807) is 12.4 Å². The van der Waals surface area contributed by atoms with E-state index in [4.69, 9.17) is 29.4 Å². The van der Waals surface area contributed by atoms with Gasteiger partial charge in [0.25, 0.3) is 0 Å². The molecule has 16 nitrogen and oxygen atoms in total. The maximum Gasteiger partial charge on any atom is 0.233 e. The molecule has 2 saturated heterocycles. The molecule has 1 atom stereocenters. The molecular formula is C42H50N14O2. The quantitative estimate of drug-likeness (QED) is 0.142. The molecule has 0 saturated carbocycles. The van der Waals surface area contributed by atoms with Gasteiger partial charge in [-0.1, -0.05) is 38.1 Å². The number of hydrogen-bond acceptors (Lipinski definition) is 16. The topological polar surface area (TPSA) is 159 Å². The normalized spacial score (nSPS) is 17.5. The number of rotatable bonds is 14. The van der Waals surface area contributed by atoms with Gasteiger partial charge in [-0.3, -0.25) is 4.90 Å². The summed E-state index contributed by atoms with van der Waals surface area (Å²) in [6.07, 6.45) is 12.2. The summed E-state index contributed by atoms with van der Waals surface area (Å²) in [5.41, 5.74) is 0. The summed E-state index contributed by atoms with van der Waals surface area (Å²) < 4.78 is 12.3. The predicted octanol–water partition coefficient (Wildman–Crippen LogP) is 5.66. The number of pyridine rings is 2. The Bertz CT molecular complexity index is 2190. The van der Waals surface area contributed by atoms with Crippen molar-refractivity contribution >= 4 is 35.4 Å². The zero-order chi connectivity index (χ0) is 39.7. The number of anilines is 6. The molecule has 58 heavy (non-hydrogen) atoms. The highest BCUT2D eigenvalue weighted by Crippen LogP contribution is 2.29. The molecule has 1 aliphatic carbocycles. The number of para-hydroxylation sites is 1. The first-order valence-corrected chi connectivity index (χ1v) is 20.1. The molecule has 6 heterocycles. The molecular weight excluding hydrogens is 733 g/mol. The fourth-order valence-electron chi connectivity index (χ4n) is 6.90. The Kier molecular flexibility index (Phi) is 12.2. The van der Waals surface area contributed by atoms with Crippen LogP contribution in [0.5, 0.6) is 17.2 Å². The van der Waals surface area contributed by atoms with Crippen LogP contribution >= 0.6 is 0 Å². The van der Waals surface area contributed by atoms with Crippen LogP contribution in [0.4, 0.5) is 35.4 Å². The molecule has 2 aliphatic heterocycles. The molecule has 1 aromatic carbocycles. The van der Waals surface area contributed by atoms with Crippen LogP contribution in [0, 0.1) is 5.92 Å². The number of benzene rings is 1. The first-order chi connectivity index (χ1) is 28.5. The highest BCUT2D eigenvalue weighted by molar-refractivity contribution is 5.58. The second-order valence-electron chi connectivity index (χ2n) is 14.5. The summed E-state index contributed by atoms with van der Waals surface area (Å²) in [6.45, 7) is 12.2. The van der Waals surface area contributed by atoms with Crippen molar-refractivity contribution in [3.63, 3.8) is 0 Å². The van der Waals surface area contributed by atoms with Crippen LogP contribution in [-0.2, 0) is 12.8 Å². The van der Waals surface area contributed by atoms with Crippen molar-refractivity contribution in [3.8, 4) is 17.2 Å². The fourth-order valence-corrected chi connectivity index (χ4v) is 6.90. The first kappa shape index (κ1) is 38.6. The monoisotopic (exact) mass is 782 g/mol. The number of aryl methyl sites for hydroxylation is 2. The lowest BCUT2D eigenvalue weighted by molar-refractivity contribution is 0.232. The Morgan fingerprint density at radius 1 is 0.672 bits per heavy atom. The van der Waals surface area contributed by atoms with E-state index in [0.717, 1.165) is 88.5 Å². The maximum atomic E-state index is 6.38. The van der Waals surface area contributed by atoms with Crippen molar-refractivity contribution < 1.29 is 9.47 Å². The van der Waals surface area contributed by atoms with Crippen molar-refractivity contribution in [3.05, 3.63) is 103 Å². The molecule has 5 aromatic rings. The van der Waals surface area contributed by atoms with E-state index in [9.17, 15) is 0 Å². The van der Waals surface area contributed by atoms with Crippen LogP contribution in [-0.4, -0.2) is 116 Å². The Morgan fingerprint density at radius 3 is 2.00 bits per heavy atom. The average molecular weight is 783 g/mol. The van der Waals surface area contributed by atoms with Crippen LogP contribution in [0.15, 0.2) is 91.0 Å². The number of nitrogens with zero attached hydrogens (tertiary/aromatic N) is 12. The molecule has 3 aliphatic rings. The molecule has 2 N–H and O–H groups in total. The number of ether oxygens (including phenoxy) is 2. The third-order valence-corrected chi connectivity index (χ3v) is 10.2. The highest BCUT2D eigenvalue weighted by Gasteiger charge is 2.24. The van der Waals surface area contributed by atoms with Crippen LogP contribution in [0.3, 0.4) is 0 Å². The maximum absolute atomic E-state index is 6.38. The number of piperazine rings is 2. The van der Waals surface area contributed by atoms with Crippen molar-refractivity contribution in [2.45, 2.75) is 33.1 Å². The predicted molar refractivity (Wildman–Crippen MR) is 224 cm³/mol. The van der Waals surface area contributed by atoms with E-state index >= 15 is 0 Å². The summed E-state index contributed by atoms with van der Waals surface area (Å²) >= 11 is 0. The minimum absolute atomic E-state index is 0.382. The Balaban J connectivity index is 0.829. The summed E-state index contributed by atoms with van der Waals surface area (Å²) in [5.74, 6) is 8.16. The standard InChI is InChI=1S/C42H50N14O2/c1-4-35-45-39(47-37-18-17-33(28-44-37)57-31-10-7-6-8-11-31)51-41(48-35)56-26-22-54(23-27-56)29-30-13-15-32(16-14-30)58-34-12-9-19-43-38(34)50-40-46-36(5-2)49-42(52-40)55-24-20-53(3)21-25-55/h6-13,15-19,28,30H,4-5,14,20-27,29H2,1-3H3,(H,43,46,49,50,52)(H,44,45,47,48,51). The van der Waals surface area contributed by atoms with Crippen molar-refractivity contribution in [1.29, 1.82) is 0 Å². The first-order valence-electron chi connectivity index (χ1n) is 20.1. The highest BCUT2D eigenvalue weighted by atomic mass is 16.5. The second kappa shape index (κ2) is 18.3. The lowest BCUT2D eigenvalue weighted by Gasteiger charge is -2.36. The molecule has 0 amide bonds. The molecule has 1 unspecified atom stereocenters. The van der Waals surface area contributed by atoms with E-state index < -0.39 is 0 Å². The van der Waals surface area contributed by atoms with E-state index in [2.05, 4.69) is 75.4 Å². The number of hydrogen-bond donors (Lipinski definition) is 2. The van der Waals surface area contributed by atoms with Gasteiger partial charge in [0.2, 0.25) is 23.8 Å². The number of allylic oxidation sites excluding steroid dienone is 2. The minimum atomic E-state index is 0.382.